The van der Waals surface area contributed by atoms with Crippen LogP contribution >= 0.6 is 0 Å². The number of rotatable bonds is 1. The van der Waals surface area contributed by atoms with Gasteiger partial charge in [0.15, 0.2) is 6.19 Å². The number of hydrogen-bond donors (Lipinski definition) is 1. The molecule has 0 spiro atoms. The Morgan fingerprint density at radius 1 is 1.47 bits per heavy atom. The van der Waals surface area contributed by atoms with Crippen LogP contribution in [0.15, 0.2) is 34.9 Å². The van der Waals surface area contributed by atoms with Gasteiger partial charge in [0.25, 0.3) is 0 Å². The molecule has 1 aliphatic rings. The van der Waals surface area contributed by atoms with Crippen molar-refractivity contribution >= 4 is 17.0 Å². The van der Waals surface area contributed by atoms with Crippen molar-refractivity contribution in [3.63, 3.8) is 0 Å². The van der Waals surface area contributed by atoms with E-state index in [1.165, 1.54) is 0 Å². The number of furan rings is 1. The molecule has 1 N–H and O–H groups in total. The number of hydrogen-bond acceptors (Lipinski definition) is 3. The zero-order valence-corrected chi connectivity index (χ0v) is 8.88. The summed E-state index contributed by atoms with van der Waals surface area (Å²) in [6.07, 6.45) is 3.48. The van der Waals surface area contributed by atoms with Crippen LogP contribution in [0.25, 0.3) is 11.0 Å². The number of para-hydroxylation sites is 1. The van der Waals surface area contributed by atoms with Crippen LogP contribution in [0.4, 0.5) is 4.79 Å². The Kier molecular flexibility index (Phi) is 2.02. The van der Waals surface area contributed by atoms with Crippen molar-refractivity contribution < 1.29 is 9.21 Å². The maximum Gasteiger partial charge on any atom is 0.331 e. The number of nitrogens with zero attached hydrogens (tertiary/aromatic N) is 2. The summed E-state index contributed by atoms with van der Waals surface area (Å²) >= 11 is 0. The van der Waals surface area contributed by atoms with E-state index in [1.54, 1.807) is 6.26 Å². The SMILES string of the molecule is N#CN1CC(c2coc3ccccc23)NC1=O. The van der Waals surface area contributed by atoms with Gasteiger partial charge in [-0.15, -0.1) is 0 Å². The molecular formula is C12H9N3O2. The number of carbonyl (C=O) groups is 1. The van der Waals surface area contributed by atoms with Gasteiger partial charge in [-0.1, -0.05) is 18.2 Å². The standard InChI is InChI=1S/C12H9N3O2/c13-7-15-5-10(14-12(15)16)9-6-17-11-4-2-1-3-8(9)11/h1-4,6,10H,5H2,(H,14,16). The van der Waals surface area contributed by atoms with Gasteiger partial charge in [-0.3, -0.25) is 0 Å². The molecule has 2 aromatic rings. The van der Waals surface area contributed by atoms with Gasteiger partial charge in [0, 0.05) is 10.9 Å². The highest BCUT2D eigenvalue weighted by Crippen LogP contribution is 2.28. The summed E-state index contributed by atoms with van der Waals surface area (Å²) in [7, 11) is 0. The van der Waals surface area contributed by atoms with Crippen molar-refractivity contribution in [1.29, 1.82) is 5.26 Å². The quantitative estimate of drug-likeness (QED) is 0.757. The van der Waals surface area contributed by atoms with Crippen LogP contribution in [0.3, 0.4) is 0 Å². The summed E-state index contributed by atoms with van der Waals surface area (Å²) < 4.78 is 5.41. The summed E-state index contributed by atoms with van der Waals surface area (Å²) in [6, 6.07) is 7.08. The molecule has 2 amide bonds. The third-order valence-corrected chi connectivity index (χ3v) is 2.92. The number of amides is 2. The van der Waals surface area contributed by atoms with Crippen LogP contribution in [0, 0.1) is 11.5 Å². The second kappa shape index (κ2) is 3.52. The highest BCUT2D eigenvalue weighted by Gasteiger charge is 2.31. The lowest BCUT2D eigenvalue weighted by molar-refractivity contribution is 0.232. The Bertz CT molecular complexity index is 626. The largest absolute Gasteiger partial charge is 0.464 e. The molecule has 17 heavy (non-hydrogen) atoms. The molecular weight excluding hydrogens is 218 g/mol. The van der Waals surface area contributed by atoms with Crippen LogP contribution in [0.5, 0.6) is 0 Å². The average molecular weight is 227 g/mol. The fraction of sp³-hybridized carbons (Fsp3) is 0.167. The van der Waals surface area contributed by atoms with Crippen LogP contribution in [-0.2, 0) is 0 Å². The molecule has 1 aromatic heterocycles. The number of urea groups is 1. The molecule has 2 heterocycles. The topological polar surface area (TPSA) is 69.3 Å². The Hall–Kier alpha value is -2.48. The molecule has 1 atom stereocenters. The smallest absolute Gasteiger partial charge is 0.331 e. The predicted molar refractivity (Wildman–Crippen MR) is 59.8 cm³/mol. The van der Waals surface area contributed by atoms with E-state index in [0.29, 0.717) is 6.54 Å². The first-order valence-electron chi connectivity index (χ1n) is 5.23. The average Bonchev–Trinajstić information content (AvgIpc) is 2.92. The molecule has 84 valence electrons. The molecule has 0 radical (unpaired) electrons. The molecule has 0 aliphatic carbocycles. The molecule has 1 fully saturated rings. The Morgan fingerprint density at radius 2 is 2.29 bits per heavy atom. The molecule has 3 rings (SSSR count). The normalized spacial score (nSPS) is 19.4. The summed E-state index contributed by atoms with van der Waals surface area (Å²) in [5.74, 6) is 0. The Morgan fingerprint density at radius 3 is 3.06 bits per heavy atom. The van der Waals surface area contributed by atoms with Crippen molar-refractivity contribution in [2.75, 3.05) is 6.54 Å². The number of nitriles is 1. The lowest BCUT2D eigenvalue weighted by Gasteiger charge is -2.05. The van der Waals surface area contributed by atoms with Crippen LogP contribution < -0.4 is 5.32 Å². The minimum absolute atomic E-state index is 0.189. The second-order valence-corrected chi connectivity index (χ2v) is 3.90. The Balaban J connectivity index is 2.01. The highest BCUT2D eigenvalue weighted by molar-refractivity contribution is 5.84. The molecule has 5 nitrogen and oxygen atoms in total. The number of fused-ring (bicyclic) bond motifs is 1. The zero-order valence-electron chi connectivity index (χ0n) is 8.88. The molecule has 1 aromatic carbocycles. The lowest BCUT2D eigenvalue weighted by atomic mass is 10.1. The maximum absolute atomic E-state index is 11.4. The monoisotopic (exact) mass is 227 g/mol. The molecule has 0 saturated carbocycles. The van der Waals surface area contributed by atoms with E-state index in [9.17, 15) is 4.79 Å². The van der Waals surface area contributed by atoms with Gasteiger partial charge in [-0.25, -0.2) is 9.69 Å². The minimum atomic E-state index is -0.359. The van der Waals surface area contributed by atoms with E-state index in [-0.39, 0.29) is 12.1 Å². The number of benzene rings is 1. The first-order chi connectivity index (χ1) is 8.29. The van der Waals surface area contributed by atoms with E-state index >= 15 is 0 Å². The van der Waals surface area contributed by atoms with Gasteiger partial charge in [0.05, 0.1) is 18.8 Å². The third-order valence-electron chi connectivity index (χ3n) is 2.92. The van der Waals surface area contributed by atoms with E-state index < -0.39 is 0 Å². The van der Waals surface area contributed by atoms with Gasteiger partial charge in [0.2, 0.25) is 0 Å². The van der Waals surface area contributed by atoms with E-state index in [0.717, 1.165) is 21.4 Å². The van der Waals surface area contributed by atoms with Gasteiger partial charge >= 0.3 is 6.03 Å². The van der Waals surface area contributed by atoms with Crippen LogP contribution in [0.2, 0.25) is 0 Å². The number of nitrogens with one attached hydrogen (secondary N) is 1. The molecule has 5 heteroatoms. The summed E-state index contributed by atoms with van der Waals surface area (Å²) in [6.45, 7) is 0.346. The Labute approximate surface area is 97.2 Å². The van der Waals surface area contributed by atoms with Crippen molar-refractivity contribution in [1.82, 2.24) is 10.2 Å². The van der Waals surface area contributed by atoms with Gasteiger partial charge in [-0.05, 0) is 6.07 Å². The lowest BCUT2D eigenvalue weighted by Crippen LogP contribution is -2.23. The van der Waals surface area contributed by atoms with Crippen molar-refractivity contribution in [2.24, 2.45) is 0 Å². The van der Waals surface area contributed by atoms with E-state index in [1.807, 2.05) is 30.5 Å². The number of carbonyl (C=O) groups excluding carboxylic acids is 1. The van der Waals surface area contributed by atoms with Crippen LogP contribution in [-0.4, -0.2) is 17.5 Å². The summed E-state index contributed by atoms with van der Waals surface area (Å²) in [4.78, 5) is 12.5. The molecule has 1 saturated heterocycles. The first-order valence-corrected chi connectivity index (χ1v) is 5.23. The fourth-order valence-electron chi connectivity index (χ4n) is 2.07. The minimum Gasteiger partial charge on any atom is -0.464 e. The second-order valence-electron chi connectivity index (χ2n) is 3.90. The predicted octanol–water partition coefficient (Wildman–Crippen LogP) is 1.98. The van der Waals surface area contributed by atoms with Gasteiger partial charge in [0.1, 0.15) is 5.58 Å². The van der Waals surface area contributed by atoms with Crippen LogP contribution in [0.1, 0.15) is 11.6 Å². The van der Waals surface area contributed by atoms with Crippen molar-refractivity contribution in [3.8, 4) is 6.19 Å². The first kappa shape index (κ1) is 9.73. The maximum atomic E-state index is 11.4. The van der Waals surface area contributed by atoms with E-state index in [2.05, 4.69) is 5.32 Å². The van der Waals surface area contributed by atoms with E-state index in [4.69, 9.17) is 9.68 Å². The fourth-order valence-corrected chi connectivity index (χ4v) is 2.07. The van der Waals surface area contributed by atoms with Gasteiger partial charge < -0.3 is 9.73 Å². The zero-order chi connectivity index (χ0) is 11.8. The molecule has 0 bridgehead atoms. The summed E-state index contributed by atoms with van der Waals surface area (Å²) in [5, 5.41) is 12.5. The molecule has 1 aliphatic heterocycles. The highest BCUT2D eigenvalue weighted by atomic mass is 16.3. The van der Waals surface area contributed by atoms with Crippen molar-refractivity contribution in [3.05, 3.63) is 36.1 Å². The van der Waals surface area contributed by atoms with Crippen molar-refractivity contribution in [2.45, 2.75) is 6.04 Å². The van der Waals surface area contributed by atoms with Gasteiger partial charge in [-0.2, -0.15) is 5.26 Å². The summed E-state index contributed by atoms with van der Waals surface area (Å²) in [5.41, 5.74) is 1.69. The third kappa shape index (κ3) is 1.42. The molecule has 1 unspecified atom stereocenters.